The first-order chi connectivity index (χ1) is 10.1. The van der Waals surface area contributed by atoms with Gasteiger partial charge in [0.05, 0.1) is 13.5 Å². The van der Waals surface area contributed by atoms with Crippen LogP contribution in [0.3, 0.4) is 0 Å². The minimum atomic E-state index is -0.439. The summed E-state index contributed by atoms with van der Waals surface area (Å²) in [6, 6.07) is 6.01. The molecule has 0 bridgehead atoms. The van der Waals surface area contributed by atoms with E-state index in [4.69, 9.17) is 0 Å². The number of alkyl carbamates (subject to hydrolysis) is 1. The zero-order valence-electron chi connectivity index (χ0n) is 12.0. The number of carbonyl (C=O) groups excluding carboxylic acids is 2. The molecule has 6 heteroatoms. The Morgan fingerprint density at radius 3 is 2.48 bits per heavy atom. The molecule has 0 radical (unpaired) electrons. The van der Waals surface area contributed by atoms with Gasteiger partial charge in [0.1, 0.15) is 5.82 Å². The van der Waals surface area contributed by atoms with Crippen molar-refractivity contribution in [2.45, 2.75) is 25.3 Å². The average Bonchev–Trinajstić information content (AvgIpc) is 2.50. The summed E-state index contributed by atoms with van der Waals surface area (Å²) in [5, 5.41) is 2.74. The summed E-state index contributed by atoms with van der Waals surface area (Å²) < 4.78 is 17.4. The van der Waals surface area contributed by atoms with Crippen molar-refractivity contribution in [3.8, 4) is 0 Å². The normalized spacial score (nSPS) is 15.6. The molecule has 0 atom stereocenters. The van der Waals surface area contributed by atoms with Gasteiger partial charge in [0.25, 0.3) is 0 Å². The number of nitrogens with zero attached hydrogens (tertiary/aromatic N) is 1. The van der Waals surface area contributed by atoms with Crippen molar-refractivity contribution in [2.24, 2.45) is 0 Å². The molecule has 1 aliphatic rings. The summed E-state index contributed by atoms with van der Waals surface area (Å²) in [5.41, 5.74) is 0.802. The molecule has 0 saturated carbocycles. The third-order valence-electron chi connectivity index (χ3n) is 3.62. The maximum absolute atomic E-state index is 12.8. The van der Waals surface area contributed by atoms with E-state index < -0.39 is 6.09 Å². The van der Waals surface area contributed by atoms with Crippen LogP contribution in [0.5, 0.6) is 0 Å². The van der Waals surface area contributed by atoms with Crippen molar-refractivity contribution in [3.63, 3.8) is 0 Å². The molecule has 1 aromatic rings. The summed E-state index contributed by atoms with van der Waals surface area (Å²) >= 11 is 0. The zero-order chi connectivity index (χ0) is 15.2. The predicted molar refractivity (Wildman–Crippen MR) is 75.2 cm³/mol. The topological polar surface area (TPSA) is 58.6 Å². The van der Waals surface area contributed by atoms with Gasteiger partial charge in [-0.25, -0.2) is 9.18 Å². The van der Waals surface area contributed by atoms with E-state index in [-0.39, 0.29) is 24.2 Å². The number of hydrogen-bond donors (Lipinski definition) is 1. The van der Waals surface area contributed by atoms with Crippen LogP contribution in [0.25, 0.3) is 0 Å². The molecule has 5 nitrogen and oxygen atoms in total. The number of carbonyl (C=O) groups is 2. The third-order valence-corrected chi connectivity index (χ3v) is 3.62. The Hall–Kier alpha value is -2.11. The van der Waals surface area contributed by atoms with Crippen molar-refractivity contribution >= 4 is 12.0 Å². The van der Waals surface area contributed by atoms with Gasteiger partial charge < -0.3 is 15.0 Å². The number of halogens is 1. The van der Waals surface area contributed by atoms with Crippen molar-refractivity contribution in [2.75, 3.05) is 20.2 Å². The minimum Gasteiger partial charge on any atom is -0.453 e. The van der Waals surface area contributed by atoms with Gasteiger partial charge in [-0.3, -0.25) is 4.79 Å². The zero-order valence-corrected chi connectivity index (χ0v) is 12.0. The molecule has 0 unspecified atom stereocenters. The first-order valence-electron chi connectivity index (χ1n) is 6.95. The SMILES string of the molecule is COC(=O)NC1CCN(C(=O)Cc2ccc(F)cc2)CC1. The Balaban J connectivity index is 1.80. The van der Waals surface area contributed by atoms with Gasteiger partial charge in [-0.15, -0.1) is 0 Å². The van der Waals surface area contributed by atoms with E-state index in [0.717, 1.165) is 5.56 Å². The number of ether oxygens (including phenoxy) is 1. The third kappa shape index (κ3) is 4.44. The summed E-state index contributed by atoms with van der Waals surface area (Å²) in [4.78, 5) is 25.1. The lowest BCUT2D eigenvalue weighted by Gasteiger charge is -2.32. The Morgan fingerprint density at radius 2 is 1.90 bits per heavy atom. The fraction of sp³-hybridized carbons (Fsp3) is 0.467. The van der Waals surface area contributed by atoms with Crippen LogP contribution >= 0.6 is 0 Å². The highest BCUT2D eigenvalue weighted by molar-refractivity contribution is 5.78. The second-order valence-corrected chi connectivity index (χ2v) is 5.09. The van der Waals surface area contributed by atoms with Crippen LogP contribution in [0.15, 0.2) is 24.3 Å². The Labute approximate surface area is 123 Å². The number of benzene rings is 1. The van der Waals surface area contributed by atoms with Crippen molar-refractivity contribution in [3.05, 3.63) is 35.6 Å². The van der Waals surface area contributed by atoms with Gasteiger partial charge in [-0.05, 0) is 30.5 Å². The van der Waals surface area contributed by atoms with Crippen molar-refractivity contribution in [1.82, 2.24) is 10.2 Å². The summed E-state index contributed by atoms with van der Waals surface area (Å²) in [6.45, 7) is 1.21. The fourth-order valence-corrected chi connectivity index (χ4v) is 2.39. The number of amides is 2. The van der Waals surface area contributed by atoms with Crippen LogP contribution in [0.2, 0.25) is 0 Å². The van der Waals surface area contributed by atoms with Gasteiger partial charge >= 0.3 is 6.09 Å². The summed E-state index contributed by atoms with van der Waals surface area (Å²) in [6.07, 6.45) is 1.26. The predicted octanol–water partition coefficient (Wildman–Crippen LogP) is 1.72. The van der Waals surface area contributed by atoms with Crippen LogP contribution in [0.4, 0.5) is 9.18 Å². The number of piperidine rings is 1. The summed E-state index contributed by atoms with van der Waals surface area (Å²) in [7, 11) is 1.33. The molecule has 0 aromatic heterocycles. The van der Waals surface area contributed by atoms with E-state index in [2.05, 4.69) is 10.1 Å². The number of hydrogen-bond acceptors (Lipinski definition) is 3. The highest BCUT2D eigenvalue weighted by Gasteiger charge is 2.23. The first-order valence-corrected chi connectivity index (χ1v) is 6.95. The molecule has 0 aliphatic carbocycles. The maximum Gasteiger partial charge on any atom is 0.407 e. The van der Waals surface area contributed by atoms with Gasteiger partial charge in [0, 0.05) is 19.1 Å². The molecule has 2 amide bonds. The minimum absolute atomic E-state index is 0.0260. The number of nitrogens with one attached hydrogen (secondary N) is 1. The van der Waals surface area contributed by atoms with E-state index in [1.165, 1.54) is 19.2 Å². The molecule has 2 rings (SSSR count). The quantitative estimate of drug-likeness (QED) is 0.923. The van der Waals surface area contributed by atoms with Crippen LogP contribution < -0.4 is 5.32 Å². The Morgan fingerprint density at radius 1 is 1.29 bits per heavy atom. The largest absolute Gasteiger partial charge is 0.453 e. The first kappa shape index (κ1) is 15.3. The Kier molecular flexibility index (Phi) is 5.14. The van der Waals surface area contributed by atoms with Gasteiger partial charge in [-0.2, -0.15) is 0 Å². The number of likely N-dealkylation sites (tertiary alicyclic amines) is 1. The van der Waals surface area contributed by atoms with E-state index in [0.29, 0.717) is 25.9 Å². The molecule has 1 N–H and O–H groups in total. The second kappa shape index (κ2) is 7.06. The number of methoxy groups -OCH3 is 1. The van der Waals surface area contributed by atoms with E-state index in [1.807, 2.05) is 0 Å². The van der Waals surface area contributed by atoms with E-state index >= 15 is 0 Å². The Bertz CT molecular complexity index is 496. The lowest BCUT2D eigenvalue weighted by Crippen LogP contribution is -2.46. The van der Waals surface area contributed by atoms with Gasteiger partial charge in [0.2, 0.25) is 5.91 Å². The molecule has 114 valence electrons. The molecule has 1 fully saturated rings. The monoisotopic (exact) mass is 294 g/mol. The van der Waals surface area contributed by atoms with Gasteiger partial charge in [0.15, 0.2) is 0 Å². The van der Waals surface area contributed by atoms with Crippen LogP contribution in [0, 0.1) is 5.82 Å². The fourth-order valence-electron chi connectivity index (χ4n) is 2.39. The van der Waals surface area contributed by atoms with E-state index in [1.54, 1.807) is 17.0 Å². The molecular formula is C15H19FN2O3. The average molecular weight is 294 g/mol. The standard InChI is InChI=1S/C15H19FN2O3/c1-21-15(20)17-13-6-8-18(9-7-13)14(19)10-11-2-4-12(16)5-3-11/h2-5,13H,6-10H2,1H3,(H,17,20). The molecule has 1 saturated heterocycles. The molecule has 1 aliphatic heterocycles. The molecular weight excluding hydrogens is 275 g/mol. The molecule has 1 heterocycles. The highest BCUT2D eigenvalue weighted by Crippen LogP contribution is 2.13. The van der Waals surface area contributed by atoms with Crippen molar-refractivity contribution in [1.29, 1.82) is 0 Å². The van der Waals surface area contributed by atoms with Crippen molar-refractivity contribution < 1.29 is 18.7 Å². The van der Waals surface area contributed by atoms with E-state index in [9.17, 15) is 14.0 Å². The molecule has 1 aromatic carbocycles. The smallest absolute Gasteiger partial charge is 0.407 e. The highest BCUT2D eigenvalue weighted by atomic mass is 19.1. The molecule has 21 heavy (non-hydrogen) atoms. The maximum atomic E-state index is 12.8. The van der Waals surface area contributed by atoms with Crippen LogP contribution in [-0.4, -0.2) is 43.1 Å². The van der Waals surface area contributed by atoms with Crippen LogP contribution in [0.1, 0.15) is 18.4 Å². The van der Waals surface area contributed by atoms with Crippen LogP contribution in [-0.2, 0) is 16.0 Å². The summed E-state index contributed by atoms with van der Waals surface area (Å²) in [5.74, 6) is -0.279. The lowest BCUT2D eigenvalue weighted by molar-refractivity contribution is -0.131. The van der Waals surface area contributed by atoms with Gasteiger partial charge in [-0.1, -0.05) is 12.1 Å². The molecule has 0 spiro atoms. The lowest BCUT2D eigenvalue weighted by atomic mass is 10.0. The second-order valence-electron chi connectivity index (χ2n) is 5.09. The number of rotatable bonds is 3.